The van der Waals surface area contributed by atoms with Crippen LogP contribution in [0.1, 0.15) is 0 Å². The maximum Gasteiger partial charge on any atom is 0.237 e. The van der Waals surface area contributed by atoms with E-state index in [2.05, 4.69) is 0 Å². The number of nitrogens with zero attached hydrogens (tertiary/aromatic N) is 1. The lowest BCUT2D eigenvalue weighted by molar-refractivity contribution is -0.116. The third-order valence-corrected chi connectivity index (χ3v) is 6.18. The van der Waals surface area contributed by atoms with Crippen molar-refractivity contribution in [1.29, 1.82) is 0 Å². The number of anilines is 1. The quantitative estimate of drug-likeness (QED) is 0.728. The maximum atomic E-state index is 13.7. The minimum absolute atomic E-state index is 0.0287. The van der Waals surface area contributed by atoms with Gasteiger partial charge in [0.1, 0.15) is 11.6 Å². The molecule has 0 radical (unpaired) electrons. The topological polar surface area (TPSA) is 54.5 Å². The Morgan fingerprint density at radius 2 is 1.88 bits per heavy atom. The van der Waals surface area contributed by atoms with Crippen LogP contribution in [0.4, 0.5) is 14.5 Å². The maximum absolute atomic E-state index is 13.7. The van der Waals surface area contributed by atoms with Crippen LogP contribution in [0, 0.1) is 11.6 Å². The van der Waals surface area contributed by atoms with E-state index >= 15 is 0 Å². The van der Waals surface area contributed by atoms with E-state index in [-0.39, 0.29) is 16.4 Å². The van der Waals surface area contributed by atoms with Crippen LogP contribution in [0.15, 0.2) is 64.9 Å². The van der Waals surface area contributed by atoms with Crippen LogP contribution in [0.2, 0.25) is 0 Å². The van der Waals surface area contributed by atoms with E-state index in [0.717, 1.165) is 35.4 Å². The van der Waals surface area contributed by atoms with Crippen molar-refractivity contribution < 1.29 is 22.0 Å². The molecule has 0 saturated carbocycles. The minimum atomic E-state index is -3.35. The van der Waals surface area contributed by atoms with Gasteiger partial charge < -0.3 is 4.90 Å². The molecule has 1 aliphatic rings. The highest BCUT2D eigenvalue weighted by Gasteiger charge is 2.31. The van der Waals surface area contributed by atoms with E-state index in [4.69, 9.17) is 0 Å². The van der Waals surface area contributed by atoms with Gasteiger partial charge in [-0.25, -0.2) is 17.2 Å². The van der Waals surface area contributed by atoms with E-state index < -0.39 is 33.4 Å². The van der Waals surface area contributed by atoms with Gasteiger partial charge in [-0.05, 0) is 36.4 Å². The first kappa shape index (κ1) is 18.6. The van der Waals surface area contributed by atoms with Gasteiger partial charge in [0, 0.05) is 16.0 Å². The highest BCUT2D eigenvalue weighted by molar-refractivity contribution is 8.00. The number of halogens is 2. The van der Waals surface area contributed by atoms with Crippen molar-refractivity contribution in [1.82, 2.24) is 0 Å². The number of hydrogen-bond acceptors (Lipinski definition) is 4. The molecule has 1 heterocycles. The second kappa shape index (κ2) is 7.59. The number of hydrogen-bond donors (Lipinski definition) is 0. The molecule has 2 aromatic rings. The molecule has 1 aliphatic heterocycles. The Balaban J connectivity index is 1.82. The molecule has 1 atom stereocenters. The Hall–Kier alpha value is -2.19. The van der Waals surface area contributed by atoms with Gasteiger partial charge in [0.2, 0.25) is 5.91 Å². The average molecular weight is 395 g/mol. The van der Waals surface area contributed by atoms with Crippen molar-refractivity contribution >= 4 is 33.2 Å². The second-order valence-corrected chi connectivity index (χ2v) is 8.64. The summed E-state index contributed by atoms with van der Waals surface area (Å²) < 4.78 is 50.5. The van der Waals surface area contributed by atoms with E-state index in [1.54, 1.807) is 30.3 Å². The Bertz CT molecular complexity index is 946. The van der Waals surface area contributed by atoms with Gasteiger partial charge >= 0.3 is 0 Å². The molecule has 1 amide bonds. The van der Waals surface area contributed by atoms with E-state index in [1.807, 2.05) is 0 Å². The van der Waals surface area contributed by atoms with Gasteiger partial charge in [-0.1, -0.05) is 18.2 Å². The highest BCUT2D eigenvalue weighted by atomic mass is 32.2. The predicted molar refractivity (Wildman–Crippen MR) is 97.7 cm³/mol. The van der Waals surface area contributed by atoms with Crippen LogP contribution in [0.5, 0.6) is 0 Å². The normalized spacial score (nSPS) is 18.0. The Kier molecular flexibility index (Phi) is 5.43. The van der Waals surface area contributed by atoms with Gasteiger partial charge in [0.05, 0.1) is 17.5 Å². The third-order valence-electron chi connectivity index (χ3n) is 3.79. The fourth-order valence-corrected chi connectivity index (χ4v) is 4.71. The minimum Gasteiger partial charge on any atom is -0.304 e. The molecule has 4 nitrogen and oxygen atoms in total. The molecule has 0 aromatic heterocycles. The lowest BCUT2D eigenvalue weighted by Crippen LogP contribution is -2.42. The summed E-state index contributed by atoms with van der Waals surface area (Å²) in [7, 11) is -3.35. The summed E-state index contributed by atoms with van der Waals surface area (Å²) in [6.45, 7) is 0. The first-order valence-electron chi connectivity index (χ1n) is 7.72. The zero-order valence-corrected chi connectivity index (χ0v) is 15.1. The summed E-state index contributed by atoms with van der Waals surface area (Å²) in [5.74, 6) is -1.95. The third kappa shape index (κ3) is 4.31. The molecule has 8 heteroatoms. The summed E-state index contributed by atoms with van der Waals surface area (Å²) >= 11 is 0.871. The number of thioether (sulfide) groups is 1. The molecule has 2 aromatic carbocycles. The molecule has 0 spiro atoms. The molecule has 0 fully saturated rings. The van der Waals surface area contributed by atoms with Crippen LogP contribution in [0.3, 0.4) is 0 Å². The number of benzene rings is 2. The fraction of sp³-hybridized carbons (Fsp3) is 0.167. The van der Waals surface area contributed by atoms with E-state index in [1.165, 1.54) is 11.0 Å². The van der Waals surface area contributed by atoms with Gasteiger partial charge in [0.15, 0.2) is 9.84 Å². The lowest BCUT2D eigenvalue weighted by atomic mass is 10.2. The molecular formula is C18H15F2NO3S2. The smallest absolute Gasteiger partial charge is 0.237 e. The Labute approximate surface area is 154 Å². The Morgan fingerprint density at radius 3 is 2.54 bits per heavy atom. The van der Waals surface area contributed by atoms with Crippen molar-refractivity contribution in [3.63, 3.8) is 0 Å². The largest absolute Gasteiger partial charge is 0.304 e. The van der Waals surface area contributed by atoms with Crippen molar-refractivity contribution in [2.75, 3.05) is 16.4 Å². The zero-order valence-electron chi connectivity index (χ0n) is 13.5. The van der Waals surface area contributed by atoms with Crippen LogP contribution in [0.25, 0.3) is 0 Å². The summed E-state index contributed by atoms with van der Waals surface area (Å²) in [5.41, 5.74) is 0.546. The number of sulfone groups is 1. The summed E-state index contributed by atoms with van der Waals surface area (Å²) in [6.07, 6.45) is 1.47. The lowest BCUT2D eigenvalue weighted by Gasteiger charge is -2.27. The van der Waals surface area contributed by atoms with Crippen molar-refractivity contribution in [2.24, 2.45) is 0 Å². The number of para-hydroxylation sites is 1. The molecular weight excluding hydrogens is 380 g/mol. The predicted octanol–water partition coefficient (Wildman–Crippen LogP) is 3.40. The number of carbonyl (C=O) groups is 1. The monoisotopic (exact) mass is 395 g/mol. The van der Waals surface area contributed by atoms with Crippen molar-refractivity contribution in [3.8, 4) is 0 Å². The molecule has 26 heavy (non-hydrogen) atoms. The van der Waals surface area contributed by atoms with Gasteiger partial charge in [-0.2, -0.15) is 0 Å². The Morgan fingerprint density at radius 1 is 1.15 bits per heavy atom. The molecule has 0 N–H and O–H groups in total. The first-order chi connectivity index (χ1) is 12.4. The van der Waals surface area contributed by atoms with Gasteiger partial charge in [0.25, 0.3) is 0 Å². The SMILES string of the molecule is O=C(CSc1cc(F)ccc1F)N(c1ccccc1)[C@@H]1C=CS(=O)(=O)C1. The van der Waals surface area contributed by atoms with Crippen LogP contribution in [-0.2, 0) is 14.6 Å². The number of rotatable bonds is 5. The highest BCUT2D eigenvalue weighted by Crippen LogP contribution is 2.27. The standard InChI is InChI=1S/C18H15F2NO3S2/c19-13-6-7-16(20)17(10-13)25-11-18(22)21(14-4-2-1-3-5-14)15-8-9-26(23,24)12-15/h1-10,15H,11-12H2/t15-/m1/s1. The molecule has 0 saturated heterocycles. The van der Waals surface area contributed by atoms with Crippen LogP contribution in [-0.4, -0.2) is 31.9 Å². The molecule has 0 bridgehead atoms. The van der Waals surface area contributed by atoms with Crippen molar-refractivity contribution in [3.05, 3.63) is 71.6 Å². The molecule has 0 unspecified atom stereocenters. The second-order valence-electron chi connectivity index (χ2n) is 5.69. The summed E-state index contributed by atoms with van der Waals surface area (Å²) in [6, 6.07) is 11.1. The summed E-state index contributed by atoms with van der Waals surface area (Å²) in [5, 5.41) is 1.10. The average Bonchev–Trinajstić information content (AvgIpc) is 2.96. The van der Waals surface area contributed by atoms with Crippen molar-refractivity contribution in [2.45, 2.75) is 10.9 Å². The zero-order chi connectivity index (χ0) is 18.7. The van der Waals surface area contributed by atoms with Gasteiger partial charge in [-0.3, -0.25) is 4.79 Å². The van der Waals surface area contributed by atoms with E-state index in [0.29, 0.717) is 5.69 Å². The van der Waals surface area contributed by atoms with E-state index in [9.17, 15) is 22.0 Å². The fourth-order valence-electron chi connectivity index (χ4n) is 2.63. The molecule has 136 valence electrons. The van der Waals surface area contributed by atoms with Crippen LogP contribution >= 0.6 is 11.8 Å². The molecule has 0 aliphatic carbocycles. The first-order valence-corrected chi connectivity index (χ1v) is 10.4. The van der Waals surface area contributed by atoms with Gasteiger partial charge in [-0.15, -0.1) is 11.8 Å². The molecule has 3 rings (SSSR count). The number of amides is 1. The number of carbonyl (C=O) groups excluding carboxylic acids is 1. The van der Waals surface area contributed by atoms with Crippen LogP contribution < -0.4 is 4.90 Å². The summed E-state index contributed by atoms with van der Waals surface area (Å²) in [4.78, 5) is 14.2.